The van der Waals surface area contributed by atoms with Crippen molar-refractivity contribution in [3.8, 4) is 10.6 Å². The number of halogens is 1. The predicted octanol–water partition coefficient (Wildman–Crippen LogP) is 4.43. The molecule has 7 heteroatoms. The molecule has 0 spiro atoms. The van der Waals surface area contributed by atoms with E-state index in [-0.39, 0.29) is 17.6 Å². The molecule has 3 aromatic rings. The minimum Gasteiger partial charge on any atom is -0.338 e. The molecule has 1 aliphatic heterocycles. The molecule has 1 aliphatic rings. The monoisotopic (exact) mass is 373 g/mol. The summed E-state index contributed by atoms with van der Waals surface area (Å²) in [6, 6.07) is 8.46. The Hall–Kier alpha value is -2.12. The summed E-state index contributed by atoms with van der Waals surface area (Å²) in [4.78, 5) is 14.4. The maximum Gasteiger partial charge on any atom is 0.254 e. The minimum absolute atomic E-state index is 0.0739. The van der Waals surface area contributed by atoms with Crippen LogP contribution in [-0.2, 0) is 0 Å². The van der Waals surface area contributed by atoms with E-state index in [9.17, 15) is 9.18 Å². The van der Waals surface area contributed by atoms with Gasteiger partial charge in [-0.15, -0.1) is 10.2 Å². The summed E-state index contributed by atoms with van der Waals surface area (Å²) in [5.74, 6) is -0.0535. The molecule has 0 N–H and O–H groups in total. The fraction of sp³-hybridized carbons (Fsp3) is 0.278. The van der Waals surface area contributed by atoms with E-state index in [1.54, 1.807) is 18.2 Å². The van der Waals surface area contributed by atoms with Gasteiger partial charge >= 0.3 is 0 Å². The summed E-state index contributed by atoms with van der Waals surface area (Å²) in [5.41, 5.74) is 1.23. The molecule has 1 atom stereocenters. The van der Waals surface area contributed by atoms with Crippen molar-refractivity contribution in [2.24, 2.45) is 0 Å². The molecule has 1 fully saturated rings. The number of carbonyl (C=O) groups is 1. The van der Waals surface area contributed by atoms with Crippen LogP contribution in [0.4, 0.5) is 4.39 Å². The summed E-state index contributed by atoms with van der Waals surface area (Å²) in [6.07, 6.45) is 1.91. The van der Waals surface area contributed by atoms with Crippen LogP contribution in [-0.4, -0.2) is 34.1 Å². The number of hydrogen-bond acceptors (Lipinski definition) is 5. The van der Waals surface area contributed by atoms with Crippen LogP contribution in [0.5, 0.6) is 0 Å². The second kappa shape index (κ2) is 7.01. The fourth-order valence-electron chi connectivity index (χ4n) is 3.07. The molecule has 1 saturated heterocycles. The Labute approximate surface area is 153 Å². The first-order valence-corrected chi connectivity index (χ1v) is 9.88. The zero-order valence-corrected chi connectivity index (χ0v) is 15.0. The van der Waals surface area contributed by atoms with Gasteiger partial charge in [-0.2, -0.15) is 11.3 Å². The summed E-state index contributed by atoms with van der Waals surface area (Å²) in [7, 11) is 0. The van der Waals surface area contributed by atoms with Crippen molar-refractivity contribution in [2.75, 3.05) is 13.1 Å². The molecule has 1 aromatic carbocycles. The number of benzene rings is 1. The number of aromatic nitrogens is 2. The van der Waals surface area contributed by atoms with Crippen molar-refractivity contribution < 1.29 is 9.18 Å². The summed E-state index contributed by atoms with van der Waals surface area (Å²) < 4.78 is 13.9. The topological polar surface area (TPSA) is 46.1 Å². The number of amides is 1. The van der Waals surface area contributed by atoms with Crippen LogP contribution in [0, 0.1) is 5.82 Å². The molecule has 0 aliphatic carbocycles. The van der Waals surface area contributed by atoms with Gasteiger partial charge in [-0.3, -0.25) is 4.79 Å². The molecule has 128 valence electrons. The second-order valence-electron chi connectivity index (χ2n) is 6.03. The van der Waals surface area contributed by atoms with Crippen molar-refractivity contribution in [1.82, 2.24) is 15.1 Å². The fourth-order valence-corrected chi connectivity index (χ4v) is 4.70. The molecule has 25 heavy (non-hydrogen) atoms. The van der Waals surface area contributed by atoms with Crippen LogP contribution in [0.25, 0.3) is 10.6 Å². The van der Waals surface area contributed by atoms with Crippen LogP contribution in [0.3, 0.4) is 0 Å². The zero-order chi connectivity index (χ0) is 17.2. The largest absolute Gasteiger partial charge is 0.338 e. The number of likely N-dealkylation sites (tertiary alicyclic amines) is 1. The first-order valence-electron chi connectivity index (χ1n) is 8.12. The Bertz CT molecular complexity index is 878. The van der Waals surface area contributed by atoms with Crippen LogP contribution in [0.1, 0.15) is 34.1 Å². The van der Waals surface area contributed by atoms with E-state index < -0.39 is 0 Å². The average Bonchev–Trinajstić information content (AvgIpc) is 3.34. The molecule has 0 unspecified atom stereocenters. The summed E-state index contributed by atoms with van der Waals surface area (Å²) in [5, 5.41) is 13.7. The van der Waals surface area contributed by atoms with Gasteiger partial charge in [-0.1, -0.05) is 23.5 Å². The first kappa shape index (κ1) is 16.4. The summed E-state index contributed by atoms with van der Waals surface area (Å²) in [6.45, 7) is 1.41. The lowest BCUT2D eigenvalue weighted by molar-refractivity contribution is 0.0707. The Morgan fingerprint density at radius 3 is 2.92 bits per heavy atom. The lowest BCUT2D eigenvalue weighted by atomic mass is 9.98. The molecular formula is C18H16FN3OS2. The lowest BCUT2D eigenvalue weighted by Gasteiger charge is -2.31. The van der Waals surface area contributed by atoms with Gasteiger partial charge in [0, 0.05) is 30.0 Å². The number of hydrogen-bond donors (Lipinski definition) is 0. The molecule has 3 heterocycles. The molecule has 0 bridgehead atoms. The van der Waals surface area contributed by atoms with E-state index in [0.717, 1.165) is 30.0 Å². The van der Waals surface area contributed by atoms with Crippen LogP contribution >= 0.6 is 22.7 Å². The highest BCUT2D eigenvalue weighted by Gasteiger charge is 2.28. The van der Waals surface area contributed by atoms with Crippen molar-refractivity contribution in [3.05, 3.63) is 57.5 Å². The van der Waals surface area contributed by atoms with Gasteiger partial charge in [0.25, 0.3) is 5.91 Å². The van der Waals surface area contributed by atoms with Crippen LogP contribution in [0.15, 0.2) is 41.1 Å². The summed E-state index contributed by atoms with van der Waals surface area (Å²) >= 11 is 2.95. The van der Waals surface area contributed by atoms with Gasteiger partial charge in [0.15, 0.2) is 5.01 Å². The van der Waals surface area contributed by atoms with Crippen molar-refractivity contribution in [2.45, 2.75) is 18.8 Å². The maximum atomic E-state index is 13.9. The van der Waals surface area contributed by atoms with Gasteiger partial charge in [-0.05, 0) is 36.4 Å². The van der Waals surface area contributed by atoms with Gasteiger partial charge in [0.05, 0.1) is 5.56 Å². The van der Waals surface area contributed by atoms with E-state index in [4.69, 9.17) is 0 Å². The first-order chi connectivity index (χ1) is 12.2. The highest BCUT2D eigenvalue weighted by molar-refractivity contribution is 7.14. The van der Waals surface area contributed by atoms with E-state index >= 15 is 0 Å². The highest BCUT2D eigenvalue weighted by atomic mass is 32.1. The van der Waals surface area contributed by atoms with E-state index in [2.05, 4.69) is 10.2 Å². The molecule has 0 saturated carbocycles. The van der Waals surface area contributed by atoms with Gasteiger partial charge < -0.3 is 4.90 Å². The third-order valence-corrected chi connectivity index (χ3v) is 6.17. The molecule has 1 amide bonds. The highest BCUT2D eigenvalue weighted by Crippen LogP contribution is 2.33. The molecule has 0 radical (unpaired) electrons. The van der Waals surface area contributed by atoms with E-state index in [1.807, 2.05) is 21.7 Å². The zero-order valence-electron chi connectivity index (χ0n) is 13.4. The Kier molecular flexibility index (Phi) is 4.59. The number of carbonyl (C=O) groups excluding carboxylic acids is 1. The van der Waals surface area contributed by atoms with Crippen molar-refractivity contribution in [3.63, 3.8) is 0 Å². The average molecular weight is 373 g/mol. The Morgan fingerprint density at radius 1 is 1.24 bits per heavy atom. The number of rotatable bonds is 3. The number of nitrogens with zero attached hydrogens (tertiary/aromatic N) is 3. The Morgan fingerprint density at radius 2 is 2.12 bits per heavy atom. The number of piperidine rings is 1. The number of thiophene rings is 1. The molecular weight excluding hydrogens is 357 g/mol. The van der Waals surface area contributed by atoms with Crippen LogP contribution < -0.4 is 0 Å². The van der Waals surface area contributed by atoms with E-state index in [0.29, 0.717) is 17.1 Å². The van der Waals surface area contributed by atoms with Crippen LogP contribution in [0.2, 0.25) is 0 Å². The standard InChI is InChI=1S/C18H16FN3OS2/c19-15-6-2-1-5-14(15)17-21-20-16(25-17)12-4-3-8-22(10-12)18(23)13-7-9-24-11-13/h1-2,5-7,9,11-12H,3-4,8,10H2/t12-/m1/s1. The molecule has 4 nitrogen and oxygen atoms in total. The van der Waals surface area contributed by atoms with Crippen molar-refractivity contribution in [1.29, 1.82) is 0 Å². The SMILES string of the molecule is O=C(c1ccsc1)N1CCC[C@@H](c2nnc(-c3ccccc3F)s2)C1. The smallest absolute Gasteiger partial charge is 0.254 e. The van der Waals surface area contributed by atoms with Gasteiger partial charge in [-0.25, -0.2) is 4.39 Å². The Balaban J connectivity index is 1.52. The second-order valence-corrected chi connectivity index (χ2v) is 7.82. The normalized spacial score (nSPS) is 17.6. The van der Waals surface area contributed by atoms with Gasteiger partial charge in [0.1, 0.15) is 10.8 Å². The molecule has 4 rings (SSSR count). The molecule has 2 aromatic heterocycles. The third kappa shape index (κ3) is 3.34. The van der Waals surface area contributed by atoms with Gasteiger partial charge in [0.2, 0.25) is 0 Å². The van der Waals surface area contributed by atoms with E-state index in [1.165, 1.54) is 28.7 Å². The minimum atomic E-state index is -0.289. The quantitative estimate of drug-likeness (QED) is 0.682. The third-order valence-electron chi connectivity index (χ3n) is 4.37. The lowest BCUT2D eigenvalue weighted by Crippen LogP contribution is -2.38. The van der Waals surface area contributed by atoms with Crippen molar-refractivity contribution >= 4 is 28.6 Å². The predicted molar refractivity (Wildman–Crippen MR) is 97.5 cm³/mol. The maximum absolute atomic E-state index is 13.9.